The number of sulfonamides is 1. The quantitative estimate of drug-likeness (QED) is 0.690. The fourth-order valence-corrected chi connectivity index (χ4v) is 3.28. The molecule has 0 spiro atoms. The van der Waals surface area contributed by atoms with Gasteiger partial charge < -0.3 is 9.47 Å². The maximum Gasteiger partial charge on any atom is 0.240 e. The van der Waals surface area contributed by atoms with Crippen LogP contribution in [0.1, 0.15) is 5.56 Å². The van der Waals surface area contributed by atoms with Gasteiger partial charge in [-0.3, -0.25) is 0 Å². The summed E-state index contributed by atoms with van der Waals surface area (Å²) >= 11 is 0. The first-order valence-electron chi connectivity index (χ1n) is 7.88. The monoisotopic (exact) mass is 370 g/mol. The number of rotatable bonds is 7. The van der Waals surface area contributed by atoms with Crippen molar-refractivity contribution in [2.75, 3.05) is 7.11 Å². The molecule has 0 atom stereocenters. The van der Waals surface area contributed by atoms with Gasteiger partial charge >= 0.3 is 0 Å². The summed E-state index contributed by atoms with van der Waals surface area (Å²) in [5.41, 5.74) is 0.774. The standard InChI is InChI=1S/C19H18N2O4S/c1-24-16-8-10-18(11-9-16)26(22,23)21-14-15-5-4-6-17(13-15)25-19-7-2-3-12-20-19/h2-13,21H,14H2,1H3. The van der Waals surface area contributed by atoms with Crippen LogP contribution >= 0.6 is 0 Å². The van der Waals surface area contributed by atoms with E-state index >= 15 is 0 Å². The first-order chi connectivity index (χ1) is 12.6. The van der Waals surface area contributed by atoms with E-state index in [0.29, 0.717) is 17.4 Å². The van der Waals surface area contributed by atoms with Crippen molar-refractivity contribution < 1.29 is 17.9 Å². The number of pyridine rings is 1. The van der Waals surface area contributed by atoms with Crippen LogP contribution < -0.4 is 14.2 Å². The van der Waals surface area contributed by atoms with E-state index in [4.69, 9.17) is 9.47 Å². The van der Waals surface area contributed by atoms with E-state index in [9.17, 15) is 8.42 Å². The smallest absolute Gasteiger partial charge is 0.240 e. The zero-order valence-electron chi connectivity index (χ0n) is 14.1. The Morgan fingerprint density at radius 2 is 1.77 bits per heavy atom. The van der Waals surface area contributed by atoms with Gasteiger partial charge in [-0.1, -0.05) is 18.2 Å². The molecule has 1 N–H and O–H groups in total. The van der Waals surface area contributed by atoms with Crippen molar-refractivity contribution in [1.82, 2.24) is 9.71 Å². The summed E-state index contributed by atoms with van der Waals surface area (Å²) in [5.74, 6) is 1.66. The third-order valence-corrected chi connectivity index (χ3v) is 5.01. The van der Waals surface area contributed by atoms with Gasteiger partial charge in [0, 0.05) is 18.8 Å². The predicted molar refractivity (Wildman–Crippen MR) is 97.8 cm³/mol. The highest BCUT2D eigenvalue weighted by Gasteiger charge is 2.13. The molecule has 0 fully saturated rings. The van der Waals surface area contributed by atoms with Crippen LogP contribution in [-0.2, 0) is 16.6 Å². The van der Waals surface area contributed by atoms with Gasteiger partial charge in [-0.05, 0) is 48.0 Å². The van der Waals surface area contributed by atoms with Gasteiger partial charge in [0.25, 0.3) is 0 Å². The van der Waals surface area contributed by atoms with Crippen LogP contribution in [0, 0.1) is 0 Å². The van der Waals surface area contributed by atoms with E-state index in [0.717, 1.165) is 5.56 Å². The van der Waals surface area contributed by atoms with Crippen molar-refractivity contribution in [2.24, 2.45) is 0 Å². The maximum atomic E-state index is 12.4. The number of nitrogens with one attached hydrogen (secondary N) is 1. The van der Waals surface area contributed by atoms with Crippen LogP contribution in [0.2, 0.25) is 0 Å². The Labute approximate surface area is 152 Å². The number of aromatic nitrogens is 1. The minimum atomic E-state index is -3.61. The zero-order valence-corrected chi connectivity index (χ0v) is 14.9. The summed E-state index contributed by atoms with van der Waals surface area (Å²) in [6.45, 7) is 0.147. The first kappa shape index (κ1) is 17.9. The van der Waals surface area contributed by atoms with E-state index in [1.807, 2.05) is 12.1 Å². The summed E-state index contributed by atoms with van der Waals surface area (Å²) in [4.78, 5) is 4.28. The molecule has 6 nitrogen and oxygen atoms in total. The lowest BCUT2D eigenvalue weighted by Crippen LogP contribution is -2.23. The first-order valence-corrected chi connectivity index (χ1v) is 9.37. The summed E-state index contributed by atoms with van der Waals surface area (Å²) in [6, 6.07) is 18.8. The molecule has 2 aromatic carbocycles. The molecular formula is C19H18N2O4S. The average molecular weight is 370 g/mol. The molecule has 0 aliphatic carbocycles. The van der Waals surface area contributed by atoms with E-state index < -0.39 is 10.0 Å². The fraction of sp³-hybridized carbons (Fsp3) is 0.105. The molecular weight excluding hydrogens is 352 g/mol. The topological polar surface area (TPSA) is 77.5 Å². The Morgan fingerprint density at radius 1 is 0.962 bits per heavy atom. The minimum absolute atomic E-state index is 0.147. The highest BCUT2D eigenvalue weighted by molar-refractivity contribution is 7.89. The number of ether oxygens (including phenoxy) is 2. The molecule has 0 aliphatic rings. The lowest BCUT2D eigenvalue weighted by Gasteiger charge is -2.09. The molecule has 134 valence electrons. The molecule has 0 unspecified atom stereocenters. The second-order valence-corrected chi connectivity index (χ2v) is 7.18. The maximum absolute atomic E-state index is 12.4. The van der Waals surface area contributed by atoms with Crippen molar-refractivity contribution in [1.29, 1.82) is 0 Å². The van der Waals surface area contributed by atoms with Gasteiger partial charge in [0.15, 0.2) is 0 Å². The molecule has 0 bridgehead atoms. The molecule has 1 heterocycles. The summed E-state index contributed by atoms with van der Waals surface area (Å²) in [5, 5.41) is 0. The van der Waals surface area contributed by atoms with Crippen molar-refractivity contribution in [3.63, 3.8) is 0 Å². The van der Waals surface area contributed by atoms with E-state index in [2.05, 4.69) is 9.71 Å². The largest absolute Gasteiger partial charge is 0.497 e. The second kappa shape index (κ2) is 7.99. The highest BCUT2D eigenvalue weighted by atomic mass is 32.2. The summed E-state index contributed by atoms with van der Waals surface area (Å²) in [6.07, 6.45) is 1.64. The Balaban J connectivity index is 1.68. The van der Waals surface area contributed by atoms with Gasteiger partial charge in [-0.25, -0.2) is 18.1 Å². The van der Waals surface area contributed by atoms with Crippen LogP contribution in [0.4, 0.5) is 0 Å². The van der Waals surface area contributed by atoms with Gasteiger partial charge in [-0.15, -0.1) is 0 Å². The zero-order chi connectivity index (χ0) is 18.4. The van der Waals surface area contributed by atoms with Crippen LogP contribution in [0.5, 0.6) is 17.4 Å². The van der Waals surface area contributed by atoms with E-state index in [1.165, 1.54) is 19.2 Å². The number of nitrogens with zero attached hydrogens (tertiary/aromatic N) is 1. The van der Waals surface area contributed by atoms with Gasteiger partial charge in [-0.2, -0.15) is 0 Å². The molecule has 0 aliphatic heterocycles. The molecule has 3 aromatic rings. The van der Waals surface area contributed by atoms with Gasteiger partial charge in [0.05, 0.1) is 12.0 Å². The lowest BCUT2D eigenvalue weighted by molar-refractivity contribution is 0.414. The number of hydrogen-bond donors (Lipinski definition) is 1. The van der Waals surface area contributed by atoms with Crippen molar-refractivity contribution in [3.8, 4) is 17.4 Å². The third-order valence-electron chi connectivity index (χ3n) is 3.59. The molecule has 3 rings (SSSR count). The van der Waals surface area contributed by atoms with Crippen LogP contribution in [0.3, 0.4) is 0 Å². The van der Waals surface area contributed by atoms with Gasteiger partial charge in [0.1, 0.15) is 11.5 Å². The van der Waals surface area contributed by atoms with E-state index in [1.54, 1.807) is 48.7 Å². The SMILES string of the molecule is COc1ccc(S(=O)(=O)NCc2cccc(Oc3ccccn3)c2)cc1. The Morgan fingerprint density at radius 3 is 2.46 bits per heavy atom. The van der Waals surface area contributed by atoms with Crippen LogP contribution in [0.15, 0.2) is 77.8 Å². The average Bonchev–Trinajstić information content (AvgIpc) is 2.68. The van der Waals surface area contributed by atoms with Crippen LogP contribution in [0.25, 0.3) is 0 Å². The van der Waals surface area contributed by atoms with Crippen molar-refractivity contribution >= 4 is 10.0 Å². The van der Waals surface area contributed by atoms with Gasteiger partial charge in [0.2, 0.25) is 15.9 Å². The number of hydrogen-bond acceptors (Lipinski definition) is 5. The summed E-state index contributed by atoms with van der Waals surface area (Å²) in [7, 11) is -2.08. The molecule has 26 heavy (non-hydrogen) atoms. The summed E-state index contributed by atoms with van der Waals surface area (Å²) < 4.78 is 38.1. The molecule has 0 amide bonds. The molecule has 0 saturated carbocycles. The fourth-order valence-electron chi connectivity index (χ4n) is 2.26. The number of benzene rings is 2. The Hall–Kier alpha value is -2.90. The van der Waals surface area contributed by atoms with Crippen molar-refractivity contribution in [3.05, 3.63) is 78.5 Å². The second-order valence-electron chi connectivity index (χ2n) is 5.42. The molecule has 7 heteroatoms. The third kappa shape index (κ3) is 4.59. The van der Waals surface area contributed by atoms with Crippen LogP contribution in [-0.4, -0.2) is 20.5 Å². The highest BCUT2D eigenvalue weighted by Crippen LogP contribution is 2.20. The molecule has 1 aromatic heterocycles. The minimum Gasteiger partial charge on any atom is -0.497 e. The van der Waals surface area contributed by atoms with E-state index in [-0.39, 0.29) is 11.4 Å². The Bertz CT molecular complexity index is 958. The van der Waals surface area contributed by atoms with Crippen molar-refractivity contribution in [2.45, 2.75) is 11.4 Å². The lowest BCUT2D eigenvalue weighted by atomic mass is 10.2. The normalized spacial score (nSPS) is 11.1. The Kier molecular flexibility index (Phi) is 5.50. The molecule has 0 saturated heterocycles. The predicted octanol–water partition coefficient (Wildman–Crippen LogP) is 3.36. The molecule has 0 radical (unpaired) electrons. The number of methoxy groups -OCH3 is 1.